The van der Waals surface area contributed by atoms with Crippen LogP contribution in [0.3, 0.4) is 0 Å². The van der Waals surface area contributed by atoms with Crippen LogP contribution >= 0.6 is 11.3 Å². The van der Waals surface area contributed by atoms with Crippen LogP contribution in [-0.4, -0.2) is 16.0 Å². The number of nitrogens with two attached hydrogens (primary N) is 1. The van der Waals surface area contributed by atoms with E-state index in [4.69, 9.17) is 5.73 Å². The molecule has 2 rings (SSSR count). The van der Waals surface area contributed by atoms with Gasteiger partial charge in [-0.25, -0.2) is 4.98 Å². The van der Waals surface area contributed by atoms with Gasteiger partial charge in [-0.1, -0.05) is 0 Å². The summed E-state index contributed by atoms with van der Waals surface area (Å²) in [5, 5.41) is 3.30. The third kappa shape index (κ3) is 2.93. The van der Waals surface area contributed by atoms with E-state index in [0.29, 0.717) is 6.04 Å². The summed E-state index contributed by atoms with van der Waals surface area (Å²) in [6.07, 6.45) is 5.14. The van der Waals surface area contributed by atoms with Gasteiger partial charge in [-0.2, -0.15) is 0 Å². The zero-order chi connectivity index (χ0) is 11.4. The molecule has 2 aromatic heterocycles. The highest BCUT2D eigenvalue weighted by molar-refractivity contribution is 7.09. The molecule has 1 atom stereocenters. The van der Waals surface area contributed by atoms with Crippen molar-refractivity contribution in [2.45, 2.75) is 32.2 Å². The minimum atomic E-state index is 0.294. The second kappa shape index (κ2) is 5.27. The minimum absolute atomic E-state index is 0.294. The first-order chi connectivity index (χ1) is 7.75. The maximum atomic E-state index is 5.72. The van der Waals surface area contributed by atoms with Gasteiger partial charge in [-0.15, -0.1) is 11.3 Å². The summed E-state index contributed by atoms with van der Waals surface area (Å²) in [4.78, 5) is 7.76. The molecule has 0 aliphatic rings. The predicted octanol–water partition coefficient (Wildman–Crippen LogP) is 2.81. The Morgan fingerprint density at radius 3 is 3.12 bits per heavy atom. The van der Waals surface area contributed by atoms with Crippen LogP contribution in [0.15, 0.2) is 23.7 Å². The summed E-state index contributed by atoms with van der Waals surface area (Å²) >= 11 is 1.73. The molecule has 3 N–H and O–H groups in total. The topological polar surface area (TPSA) is 54.7 Å². The van der Waals surface area contributed by atoms with Crippen LogP contribution in [0.5, 0.6) is 0 Å². The Balaban J connectivity index is 1.93. The number of thiazole rings is 1. The zero-order valence-corrected chi connectivity index (χ0v) is 10.3. The molecule has 3 nitrogen and oxygen atoms in total. The lowest BCUT2D eigenvalue weighted by Gasteiger charge is -2.01. The number of aromatic amines is 1. The molecule has 0 amide bonds. The fourth-order valence-electron chi connectivity index (χ4n) is 1.61. The smallest absolute Gasteiger partial charge is 0.0976 e. The highest BCUT2D eigenvalue weighted by atomic mass is 32.1. The van der Waals surface area contributed by atoms with E-state index in [0.717, 1.165) is 30.7 Å². The number of aryl methyl sites for hydroxylation is 1. The lowest BCUT2D eigenvalue weighted by molar-refractivity contribution is 0.623. The van der Waals surface area contributed by atoms with Gasteiger partial charge in [0.1, 0.15) is 0 Å². The minimum Gasteiger partial charge on any atom is -0.360 e. The summed E-state index contributed by atoms with van der Waals surface area (Å²) in [6.45, 7) is 2.05. The molecule has 16 heavy (non-hydrogen) atoms. The van der Waals surface area contributed by atoms with Gasteiger partial charge in [0.05, 0.1) is 16.4 Å². The van der Waals surface area contributed by atoms with Gasteiger partial charge >= 0.3 is 0 Å². The number of hydrogen-bond acceptors (Lipinski definition) is 3. The SMILES string of the molecule is CC(N)CCCc1nc(-c2ccc[nH]2)cs1. The summed E-state index contributed by atoms with van der Waals surface area (Å²) in [6, 6.07) is 4.33. The first-order valence-electron chi connectivity index (χ1n) is 5.59. The first kappa shape index (κ1) is 11.4. The van der Waals surface area contributed by atoms with E-state index in [1.54, 1.807) is 11.3 Å². The van der Waals surface area contributed by atoms with Gasteiger partial charge in [0.15, 0.2) is 0 Å². The van der Waals surface area contributed by atoms with E-state index in [2.05, 4.69) is 15.3 Å². The second-order valence-corrected chi connectivity index (χ2v) is 5.02. The molecular weight excluding hydrogens is 218 g/mol. The van der Waals surface area contributed by atoms with Crippen LogP contribution < -0.4 is 5.73 Å². The average Bonchev–Trinajstić information content (AvgIpc) is 2.85. The van der Waals surface area contributed by atoms with Crippen LogP contribution in [0.1, 0.15) is 24.8 Å². The maximum absolute atomic E-state index is 5.72. The lowest BCUT2D eigenvalue weighted by atomic mass is 10.1. The number of nitrogens with one attached hydrogen (secondary N) is 1. The summed E-state index contributed by atoms with van der Waals surface area (Å²) in [5.74, 6) is 0. The van der Waals surface area contributed by atoms with E-state index in [1.165, 1.54) is 5.01 Å². The van der Waals surface area contributed by atoms with Crippen molar-refractivity contribution in [2.24, 2.45) is 5.73 Å². The van der Waals surface area contributed by atoms with Crippen molar-refractivity contribution in [1.82, 2.24) is 9.97 Å². The van der Waals surface area contributed by atoms with Gasteiger partial charge in [0, 0.05) is 17.6 Å². The number of rotatable bonds is 5. The molecule has 0 radical (unpaired) electrons. The van der Waals surface area contributed by atoms with Gasteiger partial charge in [-0.3, -0.25) is 0 Å². The maximum Gasteiger partial charge on any atom is 0.0976 e. The molecule has 2 heterocycles. The molecule has 86 valence electrons. The van der Waals surface area contributed by atoms with Crippen molar-refractivity contribution < 1.29 is 0 Å². The number of H-pyrrole nitrogens is 1. The first-order valence-corrected chi connectivity index (χ1v) is 6.47. The Morgan fingerprint density at radius 1 is 1.56 bits per heavy atom. The predicted molar refractivity (Wildman–Crippen MR) is 68.5 cm³/mol. The average molecular weight is 235 g/mol. The number of nitrogens with zero attached hydrogens (tertiary/aromatic N) is 1. The molecule has 0 aromatic carbocycles. The van der Waals surface area contributed by atoms with Crippen LogP contribution in [0.25, 0.3) is 11.4 Å². The zero-order valence-electron chi connectivity index (χ0n) is 9.44. The molecule has 0 saturated heterocycles. The van der Waals surface area contributed by atoms with Crippen molar-refractivity contribution in [1.29, 1.82) is 0 Å². The highest BCUT2D eigenvalue weighted by Gasteiger charge is 2.05. The van der Waals surface area contributed by atoms with Crippen LogP contribution in [-0.2, 0) is 6.42 Å². The summed E-state index contributed by atoms with van der Waals surface area (Å²) < 4.78 is 0. The Morgan fingerprint density at radius 2 is 2.44 bits per heavy atom. The van der Waals surface area contributed by atoms with Gasteiger partial charge in [-0.05, 0) is 38.3 Å². The molecule has 0 aliphatic carbocycles. The molecule has 0 fully saturated rings. The molecule has 0 saturated carbocycles. The quantitative estimate of drug-likeness (QED) is 0.837. The summed E-state index contributed by atoms with van der Waals surface area (Å²) in [7, 11) is 0. The van der Waals surface area contributed by atoms with E-state index >= 15 is 0 Å². The highest BCUT2D eigenvalue weighted by Crippen LogP contribution is 2.21. The molecule has 0 bridgehead atoms. The van der Waals surface area contributed by atoms with Crippen molar-refractivity contribution >= 4 is 11.3 Å². The fraction of sp³-hybridized carbons (Fsp3) is 0.417. The third-order valence-corrected chi connectivity index (χ3v) is 3.38. The molecular formula is C12H17N3S. The third-order valence-electron chi connectivity index (χ3n) is 2.48. The lowest BCUT2D eigenvalue weighted by Crippen LogP contribution is -2.14. The van der Waals surface area contributed by atoms with Crippen molar-refractivity contribution in [3.8, 4) is 11.4 Å². The molecule has 0 spiro atoms. The van der Waals surface area contributed by atoms with Crippen LogP contribution in [0, 0.1) is 0 Å². The number of hydrogen-bond donors (Lipinski definition) is 2. The van der Waals surface area contributed by atoms with E-state index < -0.39 is 0 Å². The number of aromatic nitrogens is 2. The van der Waals surface area contributed by atoms with Crippen molar-refractivity contribution in [3.63, 3.8) is 0 Å². The normalized spacial score (nSPS) is 12.9. The monoisotopic (exact) mass is 235 g/mol. The van der Waals surface area contributed by atoms with Crippen molar-refractivity contribution in [3.05, 3.63) is 28.7 Å². The van der Waals surface area contributed by atoms with E-state index in [9.17, 15) is 0 Å². The summed E-state index contributed by atoms with van der Waals surface area (Å²) in [5.41, 5.74) is 7.86. The van der Waals surface area contributed by atoms with Gasteiger partial charge in [0.2, 0.25) is 0 Å². The Labute approximate surface area is 99.7 Å². The van der Waals surface area contributed by atoms with Crippen molar-refractivity contribution in [2.75, 3.05) is 0 Å². The van der Waals surface area contributed by atoms with E-state index in [-0.39, 0.29) is 0 Å². The Hall–Kier alpha value is -1.13. The molecule has 2 aromatic rings. The molecule has 4 heteroatoms. The van der Waals surface area contributed by atoms with Crippen LogP contribution in [0.2, 0.25) is 0 Å². The molecule has 0 aliphatic heterocycles. The van der Waals surface area contributed by atoms with Gasteiger partial charge < -0.3 is 10.7 Å². The molecule has 1 unspecified atom stereocenters. The van der Waals surface area contributed by atoms with E-state index in [1.807, 2.05) is 25.3 Å². The largest absolute Gasteiger partial charge is 0.360 e. The van der Waals surface area contributed by atoms with Gasteiger partial charge in [0.25, 0.3) is 0 Å². The standard InChI is InChI=1S/C12H17N3S/c1-9(13)4-2-6-12-15-11(8-16-12)10-5-3-7-14-10/h3,5,7-9,14H,2,4,6,13H2,1H3. The van der Waals surface area contributed by atoms with Crippen LogP contribution in [0.4, 0.5) is 0 Å². The fourth-order valence-corrected chi connectivity index (χ4v) is 2.45. The second-order valence-electron chi connectivity index (χ2n) is 4.08. The Kier molecular flexibility index (Phi) is 3.74. The Bertz CT molecular complexity index is 417.